The van der Waals surface area contributed by atoms with E-state index in [9.17, 15) is 0 Å². The van der Waals surface area contributed by atoms with Crippen LogP contribution in [0.4, 0.5) is 0 Å². The molecule has 0 N–H and O–H groups in total. The third-order valence-electron chi connectivity index (χ3n) is 3.47. The molecule has 0 aliphatic rings. The Morgan fingerprint density at radius 3 is 1.84 bits per heavy atom. The zero-order chi connectivity index (χ0) is 12.7. The highest BCUT2D eigenvalue weighted by Gasteiger charge is 2.10. The fourth-order valence-corrected chi connectivity index (χ4v) is 2.65. The van der Waals surface area contributed by atoms with Crippen LogP contribution in [0.15, 0.2) is 66.7 Å². The van der Waals surface area contributed by atoms with E-state index in [4.69, 9.17) is 0 Å². The predicted molar refractivity (Wildman–Crippen MR) is 78.5 cm³/mol. The van der Waals surface area contributed by atoms with Crippen LogP contribution in [0.3, 0.4) is 0 Å². The lowest BCUT2D eigenvalue weighted by Crippen LogP contribution is -1.92. The number of para-hydroxylation sites is 1. The van der Waals surface area contributed by atoms with Gasteiger partial charge in [-0.1, -0.05) is 30.3 Å². The molecule has 1 nitrogen and oxygen atoms in total. The number of nitrogens with zero attached hydrogens (tertiary/aromatic N) is 1. The summed E-state index contributed by atoms with van der Waals surface area (Å²) in [5, 5.41) is 2.44. The standard InChI is InChI=1S/C18H11N/c1-2-8-14(9-3-1)19-17-12-6-4-10-15(17)16-11-5-7-13-18(16)19/h1-3,6-13H. The Bertz CT molecular complexity index is 803. The molecule has 0 fully saturated rings. The summed E-state index contributed by atoms with van der Waals surface area (Å²) in [5.41, 5.74) is 3.60. The zero-order valence-corrected chi connectivity index (χ0v) is 10.3. The smallest absolute Gasteiger partial charge is 0.0541 e. The van der Waals surface area contributed by atoms with Gasteiger partial charge < -0.3 is 4.57 Å². The highest BCUT2D eigenvalue weighted by molar-refractivity contribution is 6.09. The number of rotatable bonds is 1. The first-order chi connectivity index (χ1) is 9.45. The molecule has 0 aliphatic heterocycles. The molecule has 4 rings (SSSR count). The molecule has 0 unspecified atom stereocenters. The Labute approximate surface area is 111 Å². The van der Waals surface area contributed by atoms with E-state index >= 15 is 0 Å². The van der Waals surface area contributed by atoms with E-state index in [1.165, 1.54) is 27.5 Å². The molecule has 0 spiro atoms. The van der Waals surface area contributed by atoms with Gasteiger partial charge in [0, 0.05) is 16.5 Å². The van der Waals surface area contributed by atoms with Gasteiger partial charge in [0.2, 0.25) is 0 Å². The van der Waals surface area contributed by atoms with Crippen molar-refractivity contribution in [2.24, 2.45) is 0 Å². The summed E-state index contributed by atoms with van der Waals surface area (Å²) in [6, 6.07) is 29.0. The van der Waals surface area contributed by atoms with Crippen molar-refractivity contribution >= 4 is 21.8 Å². The maximum atomic E-state index is 3.17. The second kappa shape index (κ2) is 3.99. The summed E-state index contributed by atoms with van der Waals surface area (Å²) in [7, 11) is 0. The molecule has 3 aromatic carbocycles. The molecule has 0 saturated heterocycles. The summed E-state index contributed by atoms with van der Waals surface area (Å²) in [5.74, 6) is 0. The molecule has 2 radical (unpaired) electrons. The van der Waals surface area contributed by atoms with E-state index in [0.29, 0.717) is 0 Å². The van der Waals surface area contributed by atoms with Crippen LogP contribution in [0, 0.1) is 12.1 Å². The fraction of sp³-hybridized carbons (Fsp3) is 0. The maximum Gasteiger partial charge on any atom is 0.0541 e. The number of hydrogen-bond donors (Lipinski definition) is 0. The van der Waals surface area contributed by atoms with Crippen LogP contribution in [0.1, 0.15) is 0 Å². The van der Waals surface area contributed by atoms with Crippen LogP contribution in [0.5, 0.6) is 0 Å². The first kappa shape index (κ1) is 10.4. The lowest BCUT2D eigenvalue weighted by atomic mass is 10.2. The van der Waals surface area contributed by atoms with Crippen LogP contribution in [-0.2, 0) is 0 Å². The van der Waals surface area contributed by atoms with Gasteiger partial charge in [0.25, 0.3) is 0 Å². The van der Waals surface area contributed by atoms with Crippen LogP contribution in [-0.4, -0.2) is 4.57 Å². The van der Waals surface area contributed by atoms with E-state index in [2.05, 4.69) is 53.1 Å². The van der Waals surface area contributed by atoms with Crippen molar-refractivity contribution < 1.29 is 0 Å². The van der Waals surface area contributed by atoms with Gasteiger partial charge in [-0.3, -0.25) is 0 Å². The second-order valence-corrected chi connectivity index (χ2v) is 4.56. The van der Waals surface area contributed by atoms with Gasteiger partial charge >= 0.3 is 0 Å². The summed E-state index contributed by atoms with van der Waals surface area (Å²) >= 11 is 0. The summed E-state index contributed by atoms with van der Waals surface area (Å²) in [4.78, 5) is 0. The monoisotopic (exact) mass is 241 g/mol. The van der Waals surface area contributed by atoms with Crippen molar-refractivity contribution in [2.75, 3.05) is 0 Å². The van der Waals surface area contributed by atoms with Gasteiger partial charge in [0.15, 0.2) is 0 Å². The van der Waals surface area contributed by atoms with Crippen molar-refractivity contribution in [1.82, 2.24) is 4.57 Å². The van der Waals surface area contributed by atoms with Gasteiger partial charge in [-0.05, 0) is 48.5 Å². The molecule has 0 aliphatic carbocycles. The number of hydrogen-bond acceptors (Lipinski definition) is 0. The van der Waals surface area contributed by atoms with E-state index < -0.39 is 0 Å². The Morgan fingerprint density at radius 1 is 0.684 bits per heavy atom. The Balaban J connectivity index is 2.24. The molecule has 19 heavy (non-hydrogen) atoms. The third kappa shape index (κ3) is 1.48. The minimum Gasteiger partial charge on any atom is -0.309 e. The van der Waals surface area contributed by atoms with Crippen LogP contribution < -0.4 is 0 Å². The largest absolute Gasteiger partial charge is 0.309 e. The fourth-order valence-electron chi connectivity index (χ4n) is 2.65. The first-order valence-corrected chi connectivity index (χ1v) is 6.31. The first-order valence-electron chi connectivity index (χ1n) is 6.31. The van der Waals surface area contributed by atoms with E-state index in [-0.39, 0.29) is 0 Å². The molecular formula is C18H11N. The number of benzene rings is 3. The summed E-state index contributed by atoms with van der Waals surface area (Å²) < 4.78 is 2.28. The van der Waals surface area contributed by atoms with Gasteiger partial charge in [-0.25, -0.2) is 0 Å². The minimum atomic E-state index is 1.18. The lowest BCUT2D eigenvalue weighted by Gasteiger charge is -2.06. The van der Waals surface area contributed by atoms with E-state index in [0.717, 1.165) is 0 Å². The highest BCUT2D eigenvalue weighted by Crippen LogP contribution is 2.31. The van der Waals surface area contributed by atoms with Crippen molar-refractivity contribution in [3.63, 3.8) is 0 Å². The van der Waals surface area contributed by atoms with Crippen LogP contribution in [0.2, 0.25) is 0 Å². The van der Waals surface area contributed by atoms with E-state index in [1.807, 2.05) is 30.3 Å². The SMILES string of the molecule is [c]1ccc2c(c1)c1c[c]ccc1n2-c1ccccc1. The van der Waals surface area contributed by atoms with Crippen molar-refractivity contribution in [3.05, 3.63) is 78.9 Å². The number of aromatic nitrogens is 1. The van der Waals surface area contributed by atoms with Gasteiger partial charge in [0.05, 0.1) is 11.0 Å². The Kier molecular flexibility index (Phi) is 2.18. The molecule has 0 amide bonds. The minimum absolute atomic E-state index is 1.18. The Morgan fingerprint density at radius 2 is 1.26 bits per heavy atom. The molecular weight excluding hydrogens is 230 g/mol. The topological polar surface area (TPSA) is 4.93 Å². The zero-order valence-electron chi connectivity index (χ0n) is 10.3. The normalized spacial score (nSPS) is 11.2. The lowest BCUT2D eigenvalue weighted by molar-refractivity contribution is 1.18. The van der Waals surface area contributed by atoms with Crippen LogP contribution >= 0.6 is 0 Å². The molecule has 88 valence electrons. The summed E-state index contributed by atoms with van der Waals surface area (Å²) in [6.07, 6.45) is 0. The molecule has 1 aromatic heterocycles. The maximum absolute atomic E-state index is 3.17. The van der Waals surface area contributed by atoms with Crippen molar-refractivity contribution in [1.29, 1.82) is 0 Å². The third-order valence-corrected chi connectivity index (χ3v) is 3.47. The predicted octanol–water partition coefficient (Wildman–Crippen LogP) is 4.38. The summed E-state index contributed by atoms with van der Waals surface area (Å²) in [6.45, 7) is 0. The number of fused-ring (bicyclic) bond motifs is 3. The Hall–Kier alpha value is -2.54. The van der Waals surface area contributed by atoms with Gasteiger partial charge in [-0.15, -0.1) is 0 Å². The average Bonchev–Trinajstić information content (AvgIpc) is 2.83. The van der Waals surface area contributed by atoms with Gasteiger partial charge in [0.1, 0.15) is 0 Å². The molecule has 4 aromatic rings. The highest BCUT2D eigenvalue weighted by atomic mass is 15.0. The molecule has 1 heterocycles. The quantitative estimate of drug-likeness (QED) is 0.466. The molecule has 0 bridgehead atoms. The molecule has 0 atom stereocenters. The van der Waals surface area contributed by atoms with Gasteiger partial charge in [-0.2, -0.15) is 0 Å². The van der Waals surface area contributed by atoms with Crippen LogP contribution in [0.25, 0.3) is 27.5 Å². The molecule has 0 saturated carbocycles. The second-order valence-electron chi connectivity index (χ2n) is 4.56. The van der Waals surface area contributed by atoms with E-state index in [1.54, 1.807) is 0 Å². The van der Waals surface area contributed by atoms with Crippen molar-refractivity contribution in [2.45, 2.75) is 0 Å². The van der Waals surface area contributed by atoms with Crippen molar-refractivity contribution in [3.8, 4) is 5.69 Å². The molecule has 1 heteroatoms. The average molecular weight is 241 g/mol.